The smallest absolute Gasteiger partial charge is 0.126 e. The summed E-state index contributed by atoms with van der Waals surface area (Å²) >= 11 is 1.69. The minimum atomic E-state index is -0.113. The van der Waals surface area contributed by atoms with Gasteiger partial charge in [0.1, 0.15) is 5.82 Å². The molecule has 0 spiro atoms. The van der Waals surface area contributed by atoms with E-state index in [1.54, 1.807) is 24.3 Å². The van der Waals surface area contributed by atoms with Gasteiger partial charge in [-0.2, -0.15) is 0 Å². The zero-order valence-corrected chi connectivity index (χ0v) is 15.0. The van der Waals surface area contributed by atoms with Gasteiger partial charge in [-0.15, -0.1) is 11.3 Å². The monoisotopic (exact) mass is 342 g/mol. The van der Waals surface area contributed by atoms with Gasteiger partial charge in [0.2, 0.25) is 0 Å². The standard InChI is InChI=1S/C20H23FN2S/c1-14-5-6-17(11-18(14)21)10-15(2)22-9-3-4-16-7-8-19-20(12-16)24-13-23-19/h5-8,11-13,15,22H,3-4,9-10H2,1-2H3. The van der Waals surface area contributed by atoms with Crippen LogP contribution < -0.4 is 5.32 Å². The highest BCUT2D eigenvalue weighted by Gasteiger charge is 2.05. The number of halogens is 1. The Labute approximate surface area is 146 Å². The van der Waals surface area contributed by atoms with Crippen LogP contribution in [-0.4, -0.2) is 17.6 Å². The van der Waals surface area contributed by atoms with E-state index in [1.165, 1.54) is 10.3 Å². The Morgan fingerprint density at radius 2 is 2.00 bits per heavy atom. The van der Waals surface area contributed by atoms with Crippen molar-refractivity contribution in [1.82, 2.24) is 10.3 Å². The molecule has 1 atom stereocenters. The molecular weight excluding hydrogens is 319 g/mol. The van der Waals surface area contributed by atoms with Gasteiger partial charge in [-0.05, 0) is 74.5 Å². The molecule has 1 aromatic heterocycles. The number of hydrogen-bond donors (Lipinski definition) is 1. The molecule has 0 amide bonds. The molecule has 0 bridgehead atoms. The minimum absolute atomic E-state index is 0.113. The van der Waals surface area contributed by atoms with Crippen LogP contribution >= 0.6 is 11.3 Å². The molecule has 2 aromatic carbocycles. The molecule has 0 saturated heterocycles. The Bertz CT molecular complexity index is 812. The lowest BCUT2D eigenvalue weighted by Gasteiger charge is -2.14. The number of benzene rings is 2. The van der Waals surface area contributed by atoms with Crippen molar-refractivity contribution in [3.8, 4) is 0 Å². The van der Waals surface area contributed by atoms with Gasteiger partial charge in [0.25, 0.3) is 0 Å². The van der Waals surface area contributed by atoms with E-state index >= 15 is 0 Å². The summed E-state index contributed by atoms with van der Waals surface area (Å²) in [7, 11) is 0. The van der Waals surface area contributed by atoms with Crippen molar-refractivity contribution in [1.29, 1.82) is 0 Å². The van der Waals surface area contributed by atoms with E-state index in [9.17, 15) is 4.39 Å². The lowest BCUT2D eigenvalue weighted by molar-refractivity contribution is 0.532. The van der Waals surface area contributed by atoms with Gasteiger partial charge in [0, 0.05) is 6.04 Å². The molecule has 1 unspecified atom stereocenters. The molecule has 1 N–H and O–H groups in total. The van der Waals surface area contributed by atoms with Crippen molar-refractivity contribution in [2.24, 2.45) is 0 Å². The summed E-state index contributed by atoms with van der Waals surface area (Å²) in [6.07, 6.45) is 3.01. The van der Waals surface area contributed by atoms with Crippen LogP contribution in [-0.2, 0) is 12.8 Å². The zero-order chi connectivity index (χ0) is 16.9. The van der Waals surface area contributed by atoms with Crippen LogP contribution in [0, 0.1) is 12.7 Å². The summed E-state index contributed by atoms with van der Waals surface area (Å²) in [5, 5.41) is 3.54. The summed E-state index contributed by atoms with van der Waals surface area (Å²) in [4.78, 5) is 4.31. The van der Waals surface area contributed by atoms with Crippen molar-refractivity contribution in [2.45, 2.75) is 39.2 Å². The molecule has 0 aliphatic heterocycles. The molecule has 0 aliphatic carbocycles. The van der Waals surface area contributed by atoms with E-state index in [0.717, 1.165) is 36.9 Å². The van der Waals surface area contributed by atoms with E-state index in [0.29, 0.717) is 11.6 Å². The molecule has 3 aromatic rings. The Morgan fingerprint density at radius 3 is 2.83 bits per heavy atom. The highest BCUT2D eigenvalue weighted by Crippen LogP contribution is 2.19. The van der Waals surface area contributed by atoms with Gasteiger partial charge in [-0.1, -0.05) is 18.2 Å². The molecule has 126 valence electrons. The molecule has 1 heterocycles. The second kappa shape index (κ2) is 7.86. The van der Waals surface area contributed by atoms with Crippen LogP contribution in [0.1, 0.15) is 30.0 Å². The maximum atomic E-state index is 13.6. The first-order chi connectivity index (χ1) is 11.6. The van der Waals surface area contributed by atoms with E-state index in [1.807, 2.05) is 17.6 Å². The van der Waals surface area contributed by atoms with Gasteiger partial charge in [-0.25, -0.2) is 9.37 Å². The molecule has 4 heteroatoms. The second-order valence-electron chi connectivity index (χ2n) is 6.40. The fourth-order valence-electron chi connectivity index (χ4n) is 2.89. The number of thiazole rings is 1. The Balaban J connectivity index is 1.43. The van der Waals surface area contributed by atoms with Crippen LogP contribution in [0.25, 0.3) is 10.2 Å². The molecule has 0 saturated carbocycles. The number of fused-ring (bicyclic) bond motifs is 1. The number of nitrogens with one attached hydrogen (secondary N) is 1. The van der Waals surface area contributed by atoms with Crippen molar-refractivity contribution in [2.75, 3.05) is 6.54 Å². The molecule has 0 aliphatic rings. The highest BCUT2D eigenvalue weighted by molar-refractivity contribution is 7.16. The molecule has 0 fully saturated rings. The van der Waals surface area contributed by atoms with Crippen LogP contribution in [0.4, 0.5) is 4.39 Å². The Morgan fingerprint density at radius 1 is 1.17 bits per heavy atom. The van der Waals surface area contributed by atoms with Crippen molar-refractivity contribution >= 4 is 21.6 Å². The van der Waals surface area contributed by atoms with Crippen LogP contribution in [0.15, 0.2) is 41.9 Å². The summed E-state index contributed by atoms with van der Waals surface area (Å²) in [5.74, 6) is -0.113. The fraction of sp³-hybridized carbons (Fsp3) is 0.350. The summed E-state index contributed by atoms with van der Waals surface area (Å²) in [5.41, 5.74) is 6.10. The predicted molar refractivity (Wildman–Crippen MR) is 100 cm³/mol. The normalized spacial score (nSPS) is 12.6. The number of aromatic nitrogens is 1. The first-order valence-corrected chi connectivity index (χ1v) is 9.30. The highest BCUT2D eigenvalue weighted by atomic mass is 32.1. The van der Waals surface area contributed by atoms with Gasteiger partial charge < -0.3 is 5.32 Å². The van der Waals surface area contributed by atoms with E-state index in [-0.39, 0.29) is 5.82 Å². The van der Waals surface area contributed by atoms with E-state index in [4.69, 9.17) is 0 Å². The second-order valence-corrected chi connectivity index (χ2v) is 7.29. The van der Waals surface area contributed by atoms with E-state index in [2.05, 4.69) is 35.4 Å². The molecule has 0 radical (unpaired) electrons. The number of aryl methyl sites for hydroxylation is 2. The molecule has 2 nitrogen and oxygen atoms in total. The third-order valence-electron chi connectivity index (χ3n) is 4.31. The first kappa shape index (κ1) is 17.1. The maximum Gasteiger partial charge on any atom is 0.126 e. The van der Waals surface area contributed by atoms with Crippen molar-refractivity contribution in [3.63, 3.8) is 0 Å². The maximum absolute atomic E-state index is 13.6. The lowest BCUT2D eigenvalue weighted by Crippen LogP contribution is -2.29. The van der Waals surface area contributed by atoms with Crippen molar-refractivity contribution < 1.29 is 4.39 Å². The Hall–Kier alpha value is -1.78. The summed E-state index contributed by atoms with van der Waals surface area (Å²) < 4.78 is 14.8. The SMILES string of the molecule is Cc1ccc(CC(C)NCCCc2ccc3ncsc3c2)cc1F. The largest absolute Gasteiger partial charge is 0.314 e. The van der Waals surface area contributed by atoms with Crippen LogP contribution in [0.3, 0.4) is 0 Å². The van der Waals surface area contributed by atoms with Crippen molar-refractivity contribution in [3.05, 3.63) is 64.4 Å². The lowest BCUT2D eigenvalue weighted by atomic mass is 10.0. The first-order valence-electron chi connectivity index (χ1n) is 8.42. The predicted octanol–water partition coefficient (Wildman–Crippen LogP) is 4.90. The number of nitrogens with zero attached hydrogens (tertiary/aromatic N) is 1. The quantitative estimate of drug-likeness (QED) is 0.618. The van der Waals surface area contributed by atoms with Gasteiger partial charge in [0.05, 0.1) is 15.7 Å². The Kier molecular flexibility index (Phi) is 5.59. The average molecular weight is 342 g/mol. The number of hydrogen-bond acceptors (Lipinski definition) is 3. The zero-order valence-electron chi connectivity index (χ0n) is 14.2. The fourth-order valence-corrected chi connectivity index (χ4v) is 3.63. The third-order valence-corrected chi connectivity index (χ3v) is 5.10. The summed E-state index contributed by atoms with van der Waals surface area (Å²) in [6.45, 7) is 4.92. The molecular formula is C20H23FN2S. The number of rotatable bonds is 7. The van der Waals surface area contributed by atoms with Gasteiger partial charge in [-0.3, -0.25) is 0 Å². The average Bonchev–Trinajstić information content (AvgIpc) is 3.03. The summed E-state index contributed by atoms with van der Waals surface area (Å²) in [6, 6.07) is 12.4. The minimum Gasteiger partial charge on any atom is -0.314 e. The van der Waals surface area contributed by atoms with Gasteiger partial charge >= 0.3 is 0 Å². The third kappa shape index (κ3) is 4.40. The van der Waals surface area contributed by atoms with E-state index < -0.39 is 0 Å². The molecule has 3 rings (SSSR count). The molecule has 24 heavy (non-hydrogen) atoms. The van der Waals surface area contributed by atoms with Gasteiger partial charge in [0.15, 0.2) is 0 Å². The van der Waals surface area contributed by atoms with Crippen LogP contribution in [0.5, 0.6) is 0 Å². The van der Waals surface area contributed by atoms with Crippen LogP contribution in [0.2, 0.25) is 0 Å². The topological polar surface area (TPSA) is 24.9 Å².